The Balaban J connectivity index is 2.65. The number of amides is 1. The lowest BCUT2D eigenvalue weighted by molar-refractivity contribution is -0.121. The van der Waals surface area contributed by atoms with Crippen molar-refractivity contribution in [1.82, 2.24) is 5.32 Å². The molecule has 14 heavy (non-hydrogen) atoms. The number of rotatable bonds is 3. The Morgan fingerprint density at radius 1 is 1.57 bits per heavy atom. The highest BCUT2D eigenvalue weighted by molar-refractivity contribution is 9.11. The maximum atomic E-state index is 11.5. The fraction of sp³-hybridized carbons (Fsp3) is 0.444. The first-order chi connectivity index (χ1) is 6.50. The number of carbonyl (C=O) groups excluding carboxylic acids is 1. The van der Waals surface area contributed by atoms with Gasteiger partial charge in [0.15, 0.2) is 0 Å². The van der Waals surface area contributed by atoms with Gasteiger partial charge in [0.05, 0.1) is 3.79 Å². The van der Waals surface area contributed by atoms with E-state index in [-0.39, 0.29) is 11.9 Å². The monoisotopic (exact) mass is 295 g/mol. The molecule has 1 N–H and O–H groups in total. The molecular formula is C9H11BrClNOS. The van der Waals surface area contributed by atoms with E-state index in [0.29, 0.717) is 0 Å². The molecule has 2 nitrogen and oxygen atoms in total. The number of hydrogen-bond acceptors (Lipinski definition) is 2. The minimum atomic E-state index is -0.589. The highest BCUT2D eigenvalue weighted by Gasteiger charge is 2.19. The lowest BCUT2D eigenvalue weighted by Crippen LogP contribution is -2.32. The molecule has 78 valence electrons. The Hall–Kier alpha value is -0.0600. The molecule has 1 aromatic rings. The molecule has 1 unspecified atom stereocenters. The number of hydrogen-bond donors (Lipinski definition) is 1. The van der Waals surface area contributed by atoms with Crippen LogP contribution in [0.3, 0.4) is 0 Å². The number of thiophene rings is 1. The predicted molar refractivity (Wildman–Crippen MR) is 63.9 cm³/mol. The third kappa shape index (κ3) is 3.26. The van der Waals surface area contributed by atoms with Gasteiger partial charge in [0, 0.05) is 10.9 Å². The van der Waals surface area contributed by atoms with Gasteiger partial charge in [-0.15, -0.1) is 22.9 Å². The molecule has 5 heteroatoms. The molecular weight excluding hydrogens is 286 g/mol. The summed E-state index contributed by atoms with van der Waals surface area (Å²) in [5.74, 6) is -0.143. The summed E-state index contributed by atoms with van der Waals surface area (Å²) in [7, 11) is 0. The van der Waals surface area contributed by atoms with Gasteiger partial charge in [-0.05, 0) is 41.9 Å². The number of carbonyl (C=O) groups is 1. The van der Waals surface area contributed by atoms with Crippen LogP contribution in [0.4, 0.5) is 0 Å². The standard InChI is InChI=1S/C9H11BrClNOS/c1-5(2)12-9(13)8(11)6-3-4-7(10)14-6/h3-5,8H,1-2H3,(H,12,13). The van der Waals surface area contributed by atoms with E-state index in [2.05, 4.69) is 21.2 Å². The second kappa shape index (κ2) is 5.14. The van der Waals surface area contributed by atoms with Crippen LogP contribution in [0.25, 0.3) is 0 Å². The highest BCUT2D eigenvalue weighted by atomic mass is 79.9. The van der Waals surface area contributed by atoms with E-state index in [9.17, 15) is 4.79 Å². The second-order valence-corrected chi connectivity index (χ2v) is 6.10. The maximum absolute atomic E-state index is 11.5. The summed E-state index contributed by atoms with van der Waals surface area (Å²) in [5, 5.41) is 2.18. The zero-order chi connectivity index (χ0) is 10.7. The molecule has 0 bridgehead atoms. The first-order valence-electron chi connectivity index (χ1n) is 4.20. The van der Waals surface area contributed by atoms with Crippen molar-refractivity contribution in [2.24, 2.45) is 0 Å². The van der Waals surface area contributed by atoms with Crippen LogP contribution in [0.5, 0.6) is 0 Å². The largest absolute Gasteiger partial charge is 0.352 e. The van der Waals surface area contributed by atoms with Crippen molar-refractivity contribution in [1.29, 1.82) is 0 Å². The lowest BCUT2D eigenvalue weighted by Gasteiger charge is -2.11. The van der Waals surface area contributed by atoms with E-state index in [0.717, 1.165) is 8.66 Å². The summed E-state index contributed by atoms with van der Waals surface area (Å²) in [4.78, 5) is 12.4. The van der Waals surface area contributed by atoms with E-state index in [1.165, 1.54) is 11.3 Å². The number of nitrogens with one attached hydrogen (secondary N) is 1. The van der Waals surface area contributed by atoms with Crippen LogP contribution in [-0.2, 0) is 4.79 Å². The fourth-order valence-corrected chi connectivity index (χ4v) is 2.62. The van der Waals surface area contributed by atoms with Crippen LogP contribution >= 0.6 is 38.9 Å². The average Bonchev–Trinajstić information content (AvgIpc) is 2.49. The van der Waals surface area contributed by atoms with E-state index in [4.69, 9.17) is 11.6 Å². The fourth-order valence-electron chi connectivity index (χ4n) is 0.951. The first kappa shape index (κ1) is 12.0. The van der Waals surface area contributed by atoms with Gasteiger partial charge in [0.2, 0.25) is 5.91 Å². The SMILES string of the molecule is CC(C)NC(=O)C(Cl)c1ccc(Br)s1. The molecule has 0 aromatic carbocycles. The normalized spacial score (nSPS) is 12.9. The van der Waals surface area contributed by atoms with Crippen LogP contribution < -0.4 is 5.32 Å². The quantitative estimate of drug-likeness (QED) is 0.852. The highest BCUT2D eigenvalue weighted by Crippen LogP contribution is 2.31. The zero-order valence-corrected chi connectivity index (χ0v) is 11.0. The van der Waals surface area contributed by atoms with Crippen molar-refractivity contribution in [3.63, 3.8) is 0 Å². The lowest BCUT2D eigenvalue weighted by atomic mass is 10.3. The molecule has 0 fully saturated rings. The van der Waals surface area contributed by atoms with Crippen LogP contribution in [0, 0.1) is 0 Å². The molecule has 0 aliphatic carbocycles. The van der Waals surface area contributed by atoms with Crippen molar-refractivity contribution in [3.05, 3.63) is 20.8 Å². The van der Waals surface area contributed by atoms with Gasteiger partial charge in [0.1, 0.15) is 5.38 Å². The second-order valence-electron chi connectivity index (χ2n) is 3.17. The number of halogens is 2. The third-order valence-corrected chi connectivity index (χ3v) is 3.76. The van der Waals surface area contributed by atoms with E-state index < -0.39 is 5.38 Å². The van der Waals surface area contributed by atoms with Gasteiger partial charge in [-0.2, -0.15) is 0 Å². The van der Waals surface area contributed by atoms with Crippen molar-refractivity contribution < 1.29 is 4.79 Å². The summed E-state index contributed by atoms with van der Waals surface area (Å²) in [6.07, 6.45) is 0. The van der Waals surface area contributed by atoms with Crippen LogP contribution in [0.1, 0.15) is 24.1 Å². The van der Waals surface area contributed by atoms with Crippen molar-refractivity contribution >= 4 is 44.8 Å². The topological polar surface area (TPSA) is 29.1 Å². The van der Waals surface area contributed by atoms with Crippen LogP contribution in [-0.4, -0.2) is 11.9 Å². The smallest absolute Gasteiger partial charge is 0.243 e. The van der Waals surface area contributed by atoms with Crippen molar-refractivity contribution in [2.45, 2.75) is 25.3 Å². The van der Waals surface area contributed by atoms with Crippen molar-refractivity contribution in [3.8, 4) is 0 Å². The molecule has 0 spiro atoms. The Labute approximate surface area is 101 Å². The van der Waals surface area contributed by atoms with Gasteiger partial charge in [0.25, 0.3) is 0 Å². The molecule has 0 saturated heterocycles. The summed E-state index contributed by atoms with van der Waals surface area (Å²) in [6.45, 7) is 3.82. The summed E-state index contributed by atoms with van der Waals surface area (Å²) < 4.78 is 0.982. The molecule has 0 aliphatic rings. The van der Waals surface area contributed by atoms with Crippen molar-refractivity contribution in [2.75, 3.05) is 0 Å². The molecule has 1 amide bonds. The van der Waals surface area contributed by atoms with Crippen LogP contribution in [0.15, 0.2) is 15.9 Å². The molecule has 0 saturated carbocycles. The van der Waals surface area contributed by atoms with Gasteiger partial charge in [-0.25, -0.2) is 0 Å². The number of alkyl halides is 1. The Kier molecular flexibility index (Phi) is 4.41. The third-order valence-electron chi connectivity index (χ3n) is 1.50. The zero-order valence-electron chi connectivity index (χ0n) is 7.88. The molecule has 0 aliphatic heterocycles. The van der Waals surface area contributed by atoms with E-state index >= 15 is 0 Å². The first-order valence-corrected chi connectivity index (χ1v) is 6.25. The summed E-state index contributed by atoms with van der Waals surface area (Å²) >= 11 is 10.8. The van der Waals surface area contributed by atoms with Gasteiger partial charge >= 0.3 is 0 Å². The molecule has 0 radical (unpaired) electrons. The molecule has 1 aromatic heterocycles. The Morgan fingerprint density at radius 3 is 2.64 bits per heavy atom. The van der Waals surface area contributed by atoms with E-state index in [1.54, 1.807) is 0 Å². The molecule has 1 atom stereocenters. The van der Waals surface area contributed by atoms with E-state index in [1.807, 2.05) is 26.0 Å². The molecule has 1 rings (SSSR count). The summed E-state index contributed by atoms with van der Waals surface area (Å²) in [5.41, 5.74) is 0. The summed E-state index contributed by atoms with van der Waals surface area (Å²) in [6, 6.07) is 3.86. The van der Waals surface area contributed by atoms with Gasteiger partial charge in [-0.1, -0.05) is 0 Å². The Morgan fingerprint density at radius 2 is 2.21 bits per heavy atom. The van der Waals surface area contributed by atoms with Gasteiger partial charge < -0.3 is 5.32 Å². The Bertz CT molecular complexity index is 326. The minimum absolute atomic E-state index is 0.118. The van der Waals surface area contributed by atoms with Gasteiger partial charge in [-0.3, -0.25) is 4.79 Å². The van der Waals surface area contributed by atoms with Crippen LogP contribution in [0.2, 0.25) is 0 Å². The maximum Gasteiger partial charge on any atom is 0.243 e. The minimum Gasteiger partial charge on any atom is -0.352 e. The predicted octanol–water partition coefficient (Wildman–Crippen LogP) is 3.32. The average molecular weight is 297 g/mol. The molecule has 1 heterocycles.